The first-order valence-electron chi connectivity index (χ1n) is 9.75. The number of hydrogen-bond acceptors (Lipinski definition) is 4. The molecule has 2 heterocycles. The molecular formula is C22H24N2O4. The van der Waals surface area contributed by atoms with Gasteiger partial charge in [-0.05, 0) is 43.5 Å². The Hall–Kier alpha value is -3.02. The molecule has 28 heavy (non-hydrogen) atoms. The van der Waals surface area contributed by atoms with Gasteiger partial charge in [-0.3, -0.25) is 9.59 Å². The van der Waals surface area contributed by atoms with Crippen LogP contribution in [0.2, 0.25) is 0 Å². The summed E-state index contributed by atoms with van der Waals surface area (Å²) in [5.41, 5.74) is 0.673. The predicted molar refractivity (Wildman–Crippen MR) is 106 cm³/mol. The Morgan fingerprint density at radius 2 is 1.68 bits per heavy atom. The fraction of sp³-hybridized carbons (Fsp3) is 0.364. The minimum Gasteiger partial charge on any atom is -0.484 e. The van der Waals surface area contributed by atoms with E-state index in [0.717, 1.165) is 32.4 Å². The number of ether oxygens (including phenoxy) is 2. The average molecular weight is 380 g/mol. The van der Waals surface area contributed by atoms with Crippen LogP contribution in [-0.4, -0.2) is 49.1 Å². The number of fused-ring (bicyclic) bond motifs is 1. The van der Waals surface area contributed by atoms with Gasteiger partial charge < -0.3 is 19.3 Å². The molecule has 146 valence electrons. The second kappa shape index (κ2) is 8.33. The Kier molecular flexibility index (Phi) is 5.46. The van der Waals surface area contributed by atoms with E-state index in [1.165, 1.54) is 0 Å². The molecule has 0 radical (unpaired) electrons. The summed E-state index contributed by atoms with van der Waals surface area (Å²) in [4.78, 5) is 29.3. The topological polar surface area (TPSA) is 59.1 Å². The number of piperidine rings is 1. The van der Waals surface area contributed by atoms with Gasteiger partial charge in [0.05, 0.1) is 12.2 Å². The molecule has 2 aliphatic heterocycles. The maximum Gasteiger partial charge on any atom is 0.265 e. The van der Waals surface area contributed by atoms with E-state index >= 15 is 0 Å². The summed E-state index contributed by atoms with van der Waals surface area (Å²) in [7, 11) is 0. The van der Waals surface area contributed by atoms with E-state index in [2.05, 4.69) is 0 Å². The number of carbonyl (C=O) groups is 2. The summed E-state index contributed by atoms with van der Waals surface area (Å²) in [6.07, 6.45) is 2.50. The molecule has 1 fully saturated rings. The summed E-state index contributed by atoms with van der Waals surface area (Å²) >= 11 is 0. The zero-order valence-corrected chi connectivity index (χ0v) is 15.8. The van der Waals surface area contributed by atoms with Crippen LogP contribution >= 0.6 is 0 Å². The van der Waals surface area contributed by atoms with Gasteiger partial charge in [0.1, 0.15) is 11.5 Å². The molecule has 0 spiro atoms. The van der Waals surface area contributed by atoms with Crippen molar-refractivity contribution in [3.63, 3.8) is 0 Å². The van der Waals surface area contributed by atoms with E-state index in [1.807, 2.05) is 53.4 Å². The van der Waals surface area contributed by atoms with E-state index in [9.17, 15) is 9.59 Å². The van der Waals surface area contributed by atoms with Gasteiger partial charge in [-0.1, -0.05) is 30.3 Å². The Labute approximate surface area is 164 Å². The molecule has 0 aromatic heterocycles. The molecule has 2 aromatic rings. The van der Waals surface area contributed by atoms with Gasteiger partial charge in [-0.25, -0.2) is 0 Å². The summed E-state index contributed by atoms with van der Waals surface area (Å²) in [5.74, 6) is 0.947. The molecule has 2 aromatic carbocycles. The summed E-state index contributed by atoms with van der Waals surface area (Å²) in [5, 5.41) is 0. The monoisotopic (exact) mass is 380 g/mol. The standard InChI is InChI=1S/C22H24N2O4/c25-21(16-27-17-9-3-1-4-10-17)24-15-20(22(26)23-13-7-2-8-14-23)28-19-12-6-5-11-18(19)24/h1,3-6,9-12,20H,2,7-8,13-16H2/t20-/m1/s1. The molecule has 6 nitrogen and oxygen atoms in total. The lowest BCUT2D eigenvalue weighted by Gasteiger charge is -2.37. The van der Waals surface area contributed by atoms with Crippen molar-refractivity contribution >= 4 is 17.5 Å². The van der Waals surface area contributed by atoms with Crippen LogP contribution in [0.3, 0.4) is 0 Å². The number of anilines is 1. The van der Waals surface area contributed by atoms with Crippen molar-refractivity contribution in [3.8, 4) is 11.5 Å². The van der Waals surface area contributed by atoms with Gasteiger partial charge in [-0.15, -0.1) is 0 Å². The van der Waals surface area contributed by atoms with Crippen LogP contribution in [0.25, 0.3) is 0 Å². The molecule has 6 heteroatoms. The third kappa shape index (κ3) is 3.96. The highest BCUT2D eigenvalue weighted by Crippen LogP contribution is 2.34. The summed E-state index contributed by atoms with van der Waals surface area (Å²) in [6.45, 7) is 1.61. The fourth-order valence-electron chi connectivity index (χ4n) is 3.66. The van der Waals surface area contributed by atoms with Gasteiger partial charge in [0.2, 0.25) is 0 Å². The molecule has 2 aliphatic rings. The number of nitrogens with zero attached hydrogens (tertiary/aromatic N) is 2. The Morgan fingerprint density at radius 3 is 2.46 bits per heavy atom. The number of hydrogen-bond donors (Lipinski definition) is 0. The molecule has 0 saturated carbocycles. The van der Waals surface area contributed by atoms with Crippen molar-refractivity contribution < 1.29 is 19.1 Å². The third-order valence-electron chi connectivity index (χ3n) is 5.12. The first-order valence-corrected chi connectivity index (χ1v) is 9.75. The quantitative estimate of drug-likeness (QED) is 0.818. The van der Waals surface area contributed by atoms with Gasteiger partial charge in [0.25, 0.3) is 11.8 Å². The average Bonchev–Trinajstić information content (AvgIpc) is 2.77. The van der Waals surface area contributed by atoms with Crippen molar-refractivity contribution in [3.05, 3.63) is 54.6 Å². The van der Waals surface area contributed by atoms with E-state index in [-0.39, 0.29) is 25.0 Å². The van der Waals surface area contributed by atoms with Gasteiger partial charge in [-0.2, -0.15) is 0 Å². The lowest BCUT2D eigenvalue weighted by Crippen LogP contribution is -2.53. The number of amides is 2. The van der Waals surface area contributed by atoms with Crippen molar-refractivity contribution in [2.24, 2.45) is 0 Å². The Morgan fingerprint density at radius 1 is 0.964 bits per heavy atom. The van der Waals surface area contributed by atoms with Crippen LogP contribution in [0.5, 0.6) is 11.5 Å². The highest BCUT2D eigenvalue weighted by molar-refractivity contribution is 5.98. The van der Waals surface area contributed by atoms with E-state index < -0.39 is 6.10 Å². The maximum atomic E-state index is 12.9. The smallest absolute Gasteiger partial charge is 0.265 e. The fourth-order valence-corrected chi connectivity index (χ4v) is 3.66. The third-order valence-corrected chi connectivity index (χ3v) is 5.12. The molecule has 4 rings (SSSR count). The highest BCUT2D eigenvalue weighted by atomic mass is 16.5. The number of benzene rings is 2. The van der Waals surface area contributed by atoms with Crippen LogP contribution in [0.15, 0.2) is 54.6 Å². The molecule has 1 atom stereocenters. The largest absolute Gasteiger partial charge is 0.484 e. The zero-order valence-electron chi connectivity index (χ0n) is 15.8. The Bertz CT molecular complexity index is 833. The summed E-state index contributed by atoms with van der Waals surface area (Å²) < 4.78 is 11.6. The number of para-hydroxylation sites is 3. The normalized spacial score (nSPS) is 18.8. The second-order valence-electron chi connectivity index (χ2n) is 7.07. The minimum absolute atomic E-state index is 0.0454. The first kappa shape index (κ1) is 18.3. The molecule has 0 unspecified atom stereocenters. The van der Waals surface area contributed by atoms with Crippen LogP contribution in [-0.2, 0) is 9.59 Å². The van der Waals surface area contributed by atoms with Gasteiger partial charge in [0.15, 0.2) is 12.7 Å². The molecule has 0 bridgehead atoms. The maximum absolute atomic E-state index is 12.9. The van der Waals surface area contributed by atoms with Crippen molar-refractivity contribution in [1.82, 2.24) is 4.90 Å². The number of rotatable bonds is 4. The van der Waals surface area contributed by atoms with Gasteiger partial charge in [0, 0.05) is 13.1 Å². The SMILES string of the molecule is O=C([C@H]1CN(C(=O)COc2ccccc2)c2ccccc2O1)N1CCCCC1. The van der Waals surface area contributed by atoms with E-state index in [4.69, 9.17) is 9.47 Å². The lowest BCUT2D eigenvalue weighted by atomic mass is 10.1. The van der Waals surface area contributed by atoms with Crippen LogP contribution in [0.1, 0.15) is 19.3 Å². The highest BCUT2D eigenvalue weighted by Gasteiger charge is 2.36. The first-order chi connectivity index (χ1) is 13.7. The van der Waals surface area contributed by atoms with Gasteiger partial charge >= 0.3 is 0 Å². The predicted octanol–water partition coefficient (Wildman–Crippen LogP) is 2.87. The van der Waals surface area contributed by atoms with Crippen LogP contribution in [0, 0.1) is 0 Å². The van der Waals surface area contributed by atoms with Crippen molar-refractivity contribution in [1.29, 1.82) is 0 Å². The Balaban J connectivity index is 1.50. The number of carbonyl (C=O) groups excluding carboxylic acids is 2. The van der Waals surface area contributed by atoms with Crippen molar-refractivity contribution in [2.75, 3.05) is 31.1 Å². The number of likely N-dealkylation sites (tertiary alicyclic amines) is 1. The zero-order chi connectivity index (χ0) is 19.3. The van der Waals surface area contributed by atoms with E-state index in [1.54, 1.807) is 11.0 Å². The minimum atomic E-state index is -0.686. The van der Waals surface area contributed by atoms with Crippen molar-refractivity contribution in [2.45, 2.75) is 25.4 Å². The van der Waals surface area contributed by atoms with E-state index in [0.29, 0.717) is 17.2 Å². The molecular weight excluding hydrogens is 356 g/mol. The lowest BCUT2D eigenvalue weighted by molar-refractivity contribution is -0.139. The second-order valence-corrected chi connectivity index (χ2v) is 7.07. The molecule has 0 aliphatic carbocycles. The summed E-state index contributed by atoms with van der Waals surface area (Å²) in [6, 6.07) is 16.5. The molecule has 2 amide bonds. The molecule has 0 N–H and O–H groups in total. The van der Waals surface area contributed by atoms with Crippen LogP contribution < -0.4 is 14.4 Å². The molecule has 1 saturated heterocycles. The van der Waals surface area contributed by atoms with Crippen LogP contribution in [0.4, 0.5) is 5.69 Å².